The summed E-state index contributed by atoms with van der Waals surface area (Å²) in [6, 6.07) is 5.48. The average Bonchev–Trinajstić information content (AvgIpc) is 2.68. The summed E-state index contributed by atoms with van der Waals surface area (Å²) in [7, 11) is 3.58. The topological polar surface area (TPSA) is 29.5 Å². The molecule has 2 aliphatic heterocycles. The van der Waals surface area contributed by atoms with Gasteiger partial charge in [0.05, 0.1) is 7.11 Å². The third kappa shape index (κ3) is 2.22. The molecular formula is C16H20FNO2. The normalized spacial score (nSPS) is 29.4. The fourth-order valence-corrected chi connectivity index (χ4v) is 3.67. The molecule has 1 aromatic carbocycles. The van der Waals surface area contributed by atoms with Gasteiger partial charge in [-0.2, -0.15) is 0 Å². The standard InChI is InChI=1S/C16H20FNO2/c1-18-12-4-5-13(18)8-11(7-12)16(19)10-3-6-14(17)15(9-10)20-2/h3,6,9,11-13H,4-5,7-8H2,1-2H3. The number of hydrogen-bond donors (Lipinski definition) is 0. The van der Waals surface area contributed by atoms with Crippen LogP contribution in [0.15, 0.2) is 18.2 Å². The third-order valence-corrected chi connectivity index (χ3v) is 4.90. The van der Waals surface area contributed by atoms with E-state index < -0.39 is 5.82 Å². The lowest BCUT2D eigenvalue weighted by Gasteiger charge is -2.35. The number of nitrogens with zero attached hydrogens (tertiary/aromatic N) is 1. The smallest absolute Gasteiger partial charge is 0.166 e. The Hall–Kier alpha value is -1.42. The van der Waals surface area contributed by atoms with Crippen LogP contribution in [-0.2, 0) is 0 Å². The molecule has 4 heteroatoms. The lowest BCUT2D eigenvalue weighted by Crippen LogP contribution is -2.42. The van der Waals surface area contributed by atoms with E-state index in [1.54, 1.807) is 6.07 Å². The molecule has 0 aliphatic carbocycles. The van der Waals surface area contributed by atoms with E-state index in [1.165, 1.54) is 32.1 Å². The summed E-state index contributed by atoms with van der Waals surface area (Å²) in [5.41, 5.74) is 0.567. The molecule has 2 fully saturated rings. The molecule has 20 heavy (non-hydrogen) atoms. The highest BCUT2D eigenvalue weighted by molar-refractivity contribution is 5.98. The van der Waals surface area contributed by atoms with E-state index in [1.807, 2.05) is 0 Å². The highest BCUT2D eigenvalue weighted by Gasteiger charge is 2.41. The van der Waals surface area contributed by atoms with Crippen LogP contribution in [0.5, 0.6) is 5.75 Å². The van der Waals surface area contributed by atoms with Crippen molar-refractivity contribution in [1.82, 2.24) is 4.90 Å². The SMILES string of the molecule is COc1cc(C(=O)C2CC3CCC(C2)N3C)ccc1F. The maximum absolute atomic E-state index is 13.4. The monoisotopic (exact) mass is 277 g/mol. The minimum atomic E-state index is -0.424. The number of ether oxygens (including phenoxy) is 1. The number of carbonyl (C=O) groups excluding carboxylic acids is 1. The Morgan fingerprint density at radius 2 is 1.95 bits per heavy atom. The van der Waals surface area contributed by atoms with E-state index in [2.05, 4.69) is 11.9 Å². The minimum Gasteiger partial charge on any atom is -0.494 e. The fraction of sp³-hybridized carbons (Fsp3) is 0.562. The molecule has 2 atom stereocenters. The van der Waals surface area contributed by atoms with Gasteiger partial charge in [-0.25, -0.2) is 4.39 Å². The Labute approximate surface area is 118 Å². The third-order valence-electron chi connectivity index (χ3n) is 4.90. The van der Waals surface area contributed by atoms with Crippen molar-refractivity contribution in [3.8, 4) is 5.75 Å². The van der Waals surface area contributed by atoms with Crippen LogP contribution in [0.3, 0.4) is 0 Å². The van der Waals surface area contributed by atoms with Crippen molar-refractivity contribution >= 4 is 5.78 Å². The zero-order valence-corrected chi connectivity index (χ0v) is 11.9. The van der Waals surface area contributed by atoms with Crippen LogP contribution >= 0.6 is 0 Å². The predicted octanol–water partition coefficient (Wildman–Crippen LogP) is 2.89. The number of rotatable bonds is 3. The van der Waals surface area contributed by atoms with Gasteiger partial charge in [0, 0.05) is 23.6 Å². The Kier molecular flexibility index (Phi) is 3.50. The molecule has 0 saturated carbocycles. The number of piperidine rings is 1. The van der Waals surface area contributed by atoms with Gasteiger partial charge in [-0.05, 0) is 50.9 Å². The summed E-state index contributed by atoms with van der Waals surface area (Å²) in [4.78, 5) is 15.0. The van der Waals surface area contributed by atoms with Gasteiger partial charge in [0.2, 0.25) is 0 Å². The second-order valence-corrected chi connectivity index (χ2v) is 5.93. The van der Waals surface area contributed by atoms with Crippen molar-refractivity contribution < 1.29 is 13.9 Å². The minimum absolute atomic E-state index is 0.0684. The number of Topliss-reactive ketones (excluding diaryl/α,β-unsaturated/α-hetero) is 1. The van der Waals surface area contributed by atoms with Crippen molar-refractivity contribution in [3.63, 3.8) is 0 Å². The largest absolute Gasteiger partial charge is 0.494 e. The van der Waals surface area contributed by atoms with Gasteiger partial charge in [-0.3, -0.25) is 4.79 Å². The maximum Gasteiger partial charge on any atom is 0.166 e. The molecule has 2 bridgehead atoms. The number of hydrogen-bond acceptors (Lipinski definition) is 3. The number of methoxy groups -OCH3 is 1. The molecule has 0 N–H and O–H groups in total. The molecular weight excluding hydrogens is 257 g/mol. The van der Waals surface area contributed by atoms with Gasteiger partial charge in [-0.1, -0.05) is 0 Å². The van der Waals surface area contributed by atoms with Crippen LogP contribution in [0.2, 0.25) is 0 Å². The summed E-state index contributed by atoms with van der Waals surface area (Å²) in [5.74, 6) is -0.0774. The molecule has 2 saturated heterocycles. The Morgan fingerprint density at radius 3 is 2.55 bits per heavy atom. The Bertz CT molecular complexity index is 517. The second-order valence-electron chi connectivity index (χ2n) is 5.93. The first-order chi connectivity index (χ1) is 9.60. The number of halogens is 1. The second kappa shape index (κ2) is 5.17. The highest BCUT2D eigenvalue weighted by atomic mass is 19.1. The van der Waals surface area contributed by atoms with Crippen LogP contribution in [-0.4, -0.2) is 36.9 Å². The van der Waals surface area contributed by atoms with E-state index >= 15 is 0 Å². The zero-order chi connectivity index (χ0) is 14.3. The predicted molar refractivity (Wildman–Crippen MR) is 74.6 cm³/mol. The molecule has 0 aromatic heterocycles. The lowest BCUT2D eigenvalue weighted by molar-refractivity contribution is 0.0766. The van der Waals surface area contributed by atoms with E-state index in [-0.39, 0.29) is 17.5 Å². The molecule has 0 radical (unpaired) electrons. The van der Waals surface area contributed by atoms with Gasteiger partial charge in [0.25, 0.3) is 0 Å². The number of carbonyl (C=O) groups is 1. The van der Waals surface area contributed by atoms with Crippen LogP contribution in [0.25, 0.3) is 0 Å². The molecule has 1 aromatic rings. The van der Waals surface area contributed by atoms with E-state index in [4.69, 9.17) is 4.74 Å². The summed E-state index contributed by atoms with van der Waals surface area (Å²) in [6.45, 7) is 0. The van der Waals surface area contributed by atoms with Crippen molar-refractivity contribution in [2.24, 2.45) is 5.92 Å². The van der Waals surface area contributed by atoms with E-state index in [9.17, 15) is 9.18 Å². The number of ketones is 1. The van der Waals surface area contributed by atoms with Crippen LogP contribution in [0, 0.1) is 11.7 Å². The molecule has 3 rings (SSSR count). The zero-order valence-electron chi connectivity index (χ0n) is 11.9. The summed E-state index contributed by atoms with van der Waals surface area (Å²) >= 11 is 0. The summed E-state index contributed by atoms with van der Waals surface area (Å²) in [5, 5.41) is 0. The molecule has 2 aliphatic rings. The quantitative estimate of drug-likeness (QED) is 0.796. The van der Waals surface area contributed by atoms with Gasteiger partial charge in [-0.15, -0.1) is 0 Å². The highest BCUT2D eigenvalue weighted by Crippen LogP contribution is 2.38. The van der Waals surface area contributed by atoms with Crippen LogP contribution in [0.1, 0.15) is 36.0 Å². The molecule has 108 valence electrons. The van der Waals surface area contributed by atoms with Crippen molar-refractivity contribution in [1.29, 1.82) is 0 Å². The van der Waals surface area contributed by atoms with Crippen LogP contribution < -0.4 is 4.74 Å². The van der Waals surface area contributed by atoms with Crippen molar-refractivity contribution in [3.05, 3.63) is 29.6 Å². The van der Waals surface area contributed by atoms with Gasteiger partial charge in [0.1, 0.15) is 0 Å². The Balaban J connectivity index is 1.80. The van der Waals surface area contributed by atoms with Crippen molar-refractivity contribution in [2.45, 2.75) is 37.8 Å². The first-order valence-corrected chi connectivity index (χ1v) is 7.20. The lowest BCUT2D eigenvalue weighted by atomic mass is 9.85. The molecule has 2 heterocycles. The summed E-state index contributed by atoms with van der Waals surface area (Å²) in [6.07, 6.45) is 4.23. The molecule has 0 spiro atoms. The van der Waals surface area contributed by atoms with Crippen molar-refractivity contribution in [2.75, 3.05) is 14.2 Å². The summed E-state index contributed by atoms with van der Waals surface area (Å²) < 4.78 is 18.4. The number of fused-ring (bicyclic) bond motifs is 2. The number of benzene rings is 1. The van der Waals surface area contributed by atoms with Gasteiger partial charge >= 0.3 is 0 Å². The molecule has 0 amide bonds. The maximum atomic E-state index is 13.4. The Morgan fingerprint density at radius 1 is 1.30 bits per heavy atom. The van der Waals surface area contributed by atoms with E-state index in [0.29, 0.717) is 17.6 Å². The molecule has 2 unspecified atom stereocenters. The fourth-order valence-electron chi connectivity index (χ4n) is 3.67. The van der Waals surface area contributed by atoms with Gasteiger partial charge < -0.3 is 9.64 Å². The first kappa shape index (κ1) is 13.6. The average molecular weight is 277 g/mol. The van der Waals surface area contributed by atoms with Gasteiger partial charge in [0.15, 0.2) is 17.3 Å². The van der Waals surface area contributed by atoms with E-state index in [0.717, 1.165) is 12.8 Å². The molecule has 3 nitrogen and oxygen atoms in total. The first-order valence-electron chi connectivity index (χ1n) is 7.20. The van der Waals surface area contributed by atoms with Crippen LogP contribution in [0.4, 0.5) is 4.39 Å².